The summed E-state index contributed by atoms with van der Waals surface area (Å²) in [6, 6.07) is 14.6. The molecule has 0 aliphatic carbocycles. The first-order chi connectivity index (χ1) is 12.5. The summed E-state index contributed by atoms with van der Waals surface area (Å²) in [5, 5.41) is 9.41. The Labute approximate surface area is 159 Å². The third-order valence-electron chi connectivity index (χ3n) is 3.76. The van der Waals surface area contributed by atoms with Crippen molar-refractivity contribution in [2.75, 3.05) is 18.4 Å². The molecule has 0 radical (unpaired) electrons. The van der Waals surface area contributed by atoms with Gasteiger partial charge in [-0.2, -0.15) is 0 Å². The molecule has 2 aromatic rings. The van der Waals surface area contributed by atoms with Crippen molar-refractivity contribution in [1.82, 2.24) is 10.6 Å². The number of nitrogens with one attached hydrogen (secondary N) is 3. The van der Waals surface area contributed by atoms with Gasteiger partial charge in [-0.3, -0.25) is 9.59 Å². The van der Waals surface area contributed by atoms with E-state index in [1.54, 1.807) is 24.3 Å². The Bertz CT molecular complexity index is 762. The summed E-state index contributed by atoms with van der Waals surface area (Å²) in [4.78, 5) is 23.8. The van der Waals surface area contributed by atoms with Crippen molar-refractivity contribution in [2.24, 2.45) is 5.92 Å². The van der Waals surface area contributed by atoms with Gasteiger partial charge >= 0.3 is 0 Å². The highest BCUT2D eigenvalue weighted by molar-refractivity contribution is 6.34. The lowest BCUT2D eigenvalue weighted by molar-refractivity contribution is -0.123. The van der Waals surface area contributed by atoms with E-state index in [1.807, 2.05) is 38.1 Å². The molecule has 0 heterocycles. The number of hydrogen-bond donors (Lipinski definition) is 3. The first-order valence-electron chi connectivity index (χ1n) is 8.60. The quantitative estimate of drug-likeness (QED) is 0.620. The first-order valence-corrected chi connectivity index (χ1v) is 8.98. The standard InChI is InChI=1S/C20H24ClN3O2/c1-14(2)19(25)23-11-10-22-13-15-6-5-7-16(12-15)24-20(26)17-8-3-4-9-18(17)21/h3-9,12,14,22H,10-11,13H2,1-2H3,(H,23,25)(H,24,26). The lowest BCUT2D eigenvalue weighted by Crippen LogP contribution is -2.34. The molecule has 2 rings (SSSR count). The Morgan fingerprint density at radius 1 is 1.04 bits per heavy atom. The average molecular weight is 374 g/mol. The molecule has 0 spiro atoms. The molecular weight excluding hydrogens is 350 g/mol. The van der Waals surface area contributed by atoms with Crippen molar-refractivity contribution >= 4 is 29.1 Å². The van der Waals surface area contributed by atoms with Gasteiger partial charge in [-0.05, 0) is 29.8 Å². The van der Waals surface area contributed by atoms with Gasteiger partial charge in [0.05, 0.1) is 10.6 Å². The molecule has 0 unspecified atom stereocenters. The average Bonchev–Trinajstić information content (AvgIpc) is 2.61. The van der Waals surface area contributed by atoms with Gasteiger partial charge < -0.3 is 16.0 Å². The Morgan fingerprint density at radius 2 is 1.81 bits per heavy atom. The Kier molecular flexibility index (Phi) is 7.63. The van der Waals surface area contributed by atoms with Crippen LogP contribution >= 0.6 is 11.6 Å². The van der Waals surface area contributed by atoms with E-state index < -0.39 is 0 Å². The van der Waals surface area contributed by atoms with Crippen molar-refractivity contribution in [3.8, 4) is 0 Å². The third kappa shape index (κ3) is 6.17. The van der Waals surface area contributed by atoms with E-state index in [0.717, 1.165) is 5.56 Å². The van der Waals surface area contributed by atoms with Crippen LogP contribution in [0.4, 0.5) is 5.69 Å². The lowest BCUT2D eigenvalue weighted by atomic mass is 10.1. The van der Waals surface area contributed by atoms with Gasteiger partial charge in [0.2, 0.25) is 5.91 Å². The van der Waals surface area contributed by atoms with Crippen LogP contribution in [0.25, 0.3) is 0 Å². The second-order valence-electron chi connectivity index (χ2n) is 6.26. The van der Waals surface area contributed by atoms with Crippen LogP contribution < -0.4 is 16.0 Å². The van der Waals surface area contributed by atoms with E-state index >= 15 is 0 Å². The van der Waals surface area contributed by atoms with Crippen molar-refractivity contribution in [1.29, 1.82) is 0 Å². The van der Waals surface area contributed by atoms with Gasteiger partial charge in [0.25, 0.3) is 5.91 Å². The molecule has 5 nitrogen and oxygen atoms in total. The molecule has 0 aromatic heterocycles. The minimum Gasteiger partial charge on any atom is -0.355 e. The summed E-state index contributed by atoms with van der Waals surface area (Å²) in [7, 11) is 0. The summed E-state index contributed by atoms with van der Waals surface area (Å²) in [5.74, 6) is -0.193. The van der Waals surface area contributed by atoms with Crippen LogP contribution in [0.15, 0.2) is 48.5 Å². The third-order valence-corrected chi connectivity index (χ3v) is 4.09. The largest absolute Gasteiger partial charge is 0.355 e. The maximum absolute atomic E-state index is 12.3. The second-order valence-corrected chi connectivity index (χ2v) is 6.66. The molecule has 0 aliphatic rings. The fourth-order valence-electron chi connectivity index (χ4n) is 2.31. The lowest BCUT2D eigenvalue weighted by Gasteiger charge is -2.10. The number of halogens is 1. The highest BCUT2D eigenvalue weighted by Gasteiger charge is 2.10. The maximum atomic E-state index is 12.3. The number of hydrogen-bond acceptors (Lipinski definition) is 3. The van der Waals surface area contributed by atoms with Crippen molar-refractivity contribution in [3.63, 3.8) is 0 Å². The van der Waals surface area contributed by atoms with Crippen molar-refractivity contribution in [3.05, 3.63) is 64.7 Å². The normalized spacial score (nSPS) is 10.6. The van der Waals surface area contributed by atoms with Crippen LogP contribution in [0.3, 0.4) is 0 Å². The zero-order valence-corrected chi connectivity index (χ0v) is 15.8. The van der Waals surface area contributed by atoms with Crippen LogP contribution in [0.5, 0.6) is 0 Å². The summed E-state index contributed by atoms with van der Waals surface area (Å²) in [6.07, 6.45) is 0. The van der Waals surface area contributed by atoms with Gasteiger partial charge in [0, 0.05) is 31.2 Å². The number of rotatable bonds is 8. The number of amides is 2. The van der Waals surface area contributed by atoms with E-state index in [2.05, 4.69) is 16.0 Å². The highest BCUT2D eigenvalue weighted by atomic mass is 35.5. The van der Waals surface area contributed by atoms with Gasteiger partial charge in [0.1, 0.15) is 0 Å². The fourth-order valence-corrected chi connectivity index (χ4v) is 2.54. The number of anilines is 1. The smallest absolute Gasteiger partial charge is 0.257 e. The topological polar surface area (TPSA) is 70.2 Å². The minimum atomic E-state index is -0.239. The van der Waals surface area contributed by atoms with E-state index in [-0.39, 0.29) is 17.7 Å². The molecule has 0 fully saturated rings. The summed E-state index contributed by atoms with van der Waals surface area (Å²) in [6.45, 7) is 5.64. The molecule has 3 N–H and O–H groups in total. The molecule has 26 heavy (non-hydrogen) atoms. The van der Waals surface area contributed by atoms with Gasteiger partial charge in [-0.1, -0.05) is 49.7 Å². The van der Waals surface area contributed by atoms with Crippen LogP contribution in [0.2, 0.25) is 5.02 Å². The number of carbonyl (C=O) groups excluding carboxylic acids is 2. The summed E-state index contributed by atoms with van der Waals surface area (Å²) < 4.78 is 0. The SMILES string of the molecule is CC(C)C(=O)NCCNCc1cccc(NC(=O)c2ccccc2Cl)c1. The Morgan fingerprint density at radius 3 is 2.54 bits per heavy atom. The molecule has 0 atom stereocenters. The van der Waals surface area contributed by atoms with E-state index in [0.29, 0.717) is 35.9 Å². The van der Waals surface area contributed by atoms with Crippen molar-refractivity contribution < 1.29 is 9.59 Å². The van der Waals surface area contributed by atoms with Crippen LogP contribution in [-0.2, 0) is 11.3 Å². The van der Waals surface area contributed by atoms with Gasteiger partial charge in [-0.25, -0.2) is 0 Å². The molecule has 2 amide bonds. The van der Waals surface area contributed by atoms with Crippen LogP contribution in [0.1, 0.15) is 29.8 Å². The van der Waals surface area contributed by atoms with Gasteiger partial charge in [-0.15, -0.1) is 0 Å². The first kappa shape index (κ1) is 19.9. The number of benzene rings is 2. The predicted octanol–water partition coefficient (Wildman–Crippen LogP) is 3.45. The van der Waals surface area contributed by atoms with Crippen molar-refractivity contribution in [2.45, 2.75) is 20.4 Å². The number of carbonyl (C=O) groups is 2. The highest BCUT2D eigenvalue weighted by Crippen LogP contribution is 2.17. The van der Waals surface area contributed by atoms with Crippen LogP contribution in [-0.4, -0.2) is 24.9 Å². The summed E-state index contributed by atoms with van der Waals surface area (Å²) >= 11 is 6.06. The maximum Gasteiger partial charge on any atom is 0.257 e. The fraction of sp³-hybridized carbons (Fsp3) is 0.300. The molecule has 0 saturated heterocycles. The molecule has 0 bridgehead atoms. The Hall–Kier alpha value is -2.37. The van der Waals surface area contributed by atoms with E-state index in [1.165, 1.54) is 0 Å². The van der Waals surface area contributed by atoms with Crippen LogP contribution in [0, 0.1) is 5.92 Å². The minimum absolute atomic E-state index is 0.00610. The molecule has 138 valence electrons. The molecular formula is C20H24ClN3O2. The Balaban J connectivity index is 1.83. The molecule has 2 aromatic carbocycles. The second kappa shape index (κ2) is 9.94. The van der Waals surface area contributed by atoms with E-state index in [9.17, 15) is 9.59 Å². The van der Waals surface area contributed by atoms with E-state index in [4.69, 9.17) is 11.6 Å². The molecule has 6 heteroatoms. The molecule has 0 aliphatic heterocycles. The monoisotopic (exact) mass is 373 g/mol. The zero-order chi connectivity index (χ0) is 18.9. The molecule has 0 saturated carbocycles. The van der Waals surface area contributed by atoms with Gasteiger partial charge in [0.15, 0.2) is 0 Å². The zero-order valence-electron chi connectivity index (χ0n) is 15.0. The predicted molar refractivity (Wildman–Crippen MR) is 105 cm³/mol. The summed E-state index contributed by atoms with van der Waals surface area (Å²) in [5.41, 5.74) is 2.19.